The van der Waals surface area contributed by atoms with Gasteiger partial charge >= 0.3 is 0 Å². The topological polar surface area (TPSA) is 61.4 Å². The van der Waals surface area contributed by atoms with Crippen LogP contribution in [0.25, 0.3) is 0 Å². The second-order valence-corrected chi connectivity index (χ2v) is 7.14. The molecule has 1 aromatic heterocycles. The standard InChI is InChI=1S/C18H22IN5O/c1-3-20-18-21-13(2)12-16(22-18)23-8-10-24(11-9-23)17(25)14-6-4-5-7-15(14)19/h4-7,12H,3,8-11H2,1-2H3,(H,20,21,22). The van der Waals surface area contributed by atoms with Crippen LogP contribution in [0.3, 0.4) is 0 Å². The summed E-state index contributed by atoms with van der Waals surface area (Å²) in [6.45, 7) is 7.74. The first kappa shape index (κ1) is 17.9. The first-order valence-electron chi connectivity index (χ1n) is 8.47. The zero-order valence-electron chi connectivity index (χ0n) is 14.5. The molecule has 0 bridgehead atoms. The Morgan fingerprint density at radius 2 is 1.92 bits per heavy atom. The maximum absolute atomic E-state index is 12.7. The molecule has 1 amide bonds. The summed E-state index contributed by atoms with van der Waals surface area (Å²) in [7, 11) is 0. The highest BCUT2D eigenvalue weighted by atomic mass is 127. The Kier molecular flexibility index (Phi) is 5.72. The van der Waals surface area contributed by atoms with Crippen LogP contribution < -0.4 is 10.2 Å². The van der Waals surface area contributed by atoms with Crippen molar-refractivity contribution in [2.45, 2.75) is 13.8 Å². The summed E-state index contributed by atoms with van der Waals surface area (Å²) in [4.78, 5) is 25.9. The molecule has 2 aromatic rings. The van der Waals surface area contributed by atoms with Crippen LogP contribution in [0.2, 0.25) is 0 Å². The maximum atomic E-state index is 12.7. The fourth-order valence-corrected chi connectivity index (χ4v) is 3.51. The van der Waals surface area contributed by atoms with Gasteiger partial charge in [-0.3, -0.25) is 4.79 Å². The average molecular weight is 451 g/mol. The zero-order chi connectivity index (χ0) is 17.8. The minimum absolute atomic E-state index is 0.108. The van der Waals surface area contributed by atoms with E-state index in [0.717, 1.165) is 40.3 Å². The van der Waals surface area contributed by atoms with Crippen molar-refractivity contribution in [1.29, 1.82) is 0 Å². The summed E-state index contributed by atoms with van der Waals surface area (Å²) >= 11 is 2.22. The van der Waals surface area contributed by atoms with Crippen LogP contribution in [0.15, 0.2) is 30.3 Å². The van der Waals surface area contributed by atoms with Gasteiger partial charge in [0.2, 0.25) is 5.95 Å². The second kappa shape index (κ2) is 7.99. The van der Waals surface area contributed by atoms with Gasteiger partial charge < -0.3 is 15.1 Å². The van der Waals surface area contributed by atoms with E-state index in [9.17, 15) is 4.79 Å². The number of carbonyl (C=O) groups excluding carboxylic acids is 1. The molecular formula is C18H22IN5O. The van der Waals surface area contributed by atoms with E-state index in [1.807, 2.05) is 49.1 Å². The summed E-state index contributed by atoms with van der Waals surface area (Å²) in [5.74, 6) is 1.69. The van der Waals surface area contributed by atoms with E-state index in [2.05, 4.69) is 42.8 Å². The van der Waals surface area contributed by atoms with Crippen molar-refractivity contribution in [3.05, 3.63) is 45.2 Å². The van der Waals surface area contributed by atoms with Gasteiger partial charge in [0.15, 0.2) is 0 Å². The first-order chi connectivity index (χ1) is 12.1. The monoisotopic (exact) mass is 451 g/mol. The molecule has 0 radical (unpaired) electrons. The number of hydrogen-bond donors (Lipinski definition) is 1. The lowest BCUT2D eigenvalue weighted by Crippen LogP contribution is -2.49. The molecule has 1 saturated heterocycles. The van der Waals surface area contributed by atoms with E-state index in [4.69, 9.17) is 0 Å². The molecule has 2 heterocycles. The highest BCUT2D eigenvalue weighted by Crippen LogP contribution is 2.19. The van der Waals surface area contributed by atoms with Crippen LogP contribution in [-0.4, -0.2) is 53.5 Å². The van der Waals surface area contributed by atoms with Crippen LogP contribution >= 0.6 is 22.6 Å². The molecule has 132 valence electrons. The average Bonchev–Trinajstić information content (AvgIpc) is 2.61. The van der Waals surface area contributed by atoms with E-state index in [1.54, 1.807) is 0 Å². The Morgan fingerprint density at radius 1 is 1.20 bits per heavy atom. The Balaban J connectivity index is 1.68. The van der Waals surface area contributed by atoms with Crippen molar-refractivity contribution < 1.29 is 4.79 Å². The SMILES string of the molecule is CCNc1nc(C)cc(N2CCN(C(=O)c3ccccc3I)CC2)n1. The number of nitrogens with zero attached hydrogens (tertiary/aromatic N) is 4. The lowest BCUT2D eigenvalue weighted by atomic mass is 10.2. The minimum Gasteiger partial charge on any atom is -0.354 e. The molecule has 3 rings (SSSR count). The second-order valence-electron chi connectivity index (χ2n) is 5.98. The van der Waals surface area contributed by atoms with Crippen molar-refractivity contribution in [3.63, 3.8) is 0 Å². The quantitative estimate of drug-likeness (QED) is 0.725. The molecule has 1 aliphatic rings. The molecule has 6 nitrogen and oxygen atoms in total. The van der Waals surface area contributed by atoms with Crippen molar-refractivity contribution in [3.8, 4) is 0 Å². The van der Waals surface area contributed by atoms with Gasteiger partial charge in [-0.05, 0) is 48.6 Å². The third-order valence-electron chi connectivity index (χ3n) is 4.17. The normalized spacial score (nSPS) is 14.5. The van der Waals surface area contributed by atoms with Gasteiger partial charge in [0.1, 0.15) is 5.82 Å². The van der Waals surface area contributed by atoms with Crippen LogP contribution in [0, 0.1) is 10.5 Å². The van der Waals surface area contributed by atoms with E-state index in [-0.39, 0.29) is 5.91 Å². The molecule has 0 spiro atoms. The van der Waals surface area contributed by atoms with Crippen LogP contribution in [0.1, 0.15) is 23.0 Å². The number of nitrogens with one attached hydrogen (secondary N) is 1. The summed E-state index contributed by atoms with van der Waals surface area (Å²) in [5, 5.41) is 3.17. The Morgan fingerprint density at radius 3 is 2.60 bits per heavy atom. The molecule has 25 heavy (non-hydrogen) atoms. The summed E-state index contributed by atoms with van der Waals surface area (Å²) < 4.78 is 0.995. The van der Waals surface area contributed by atoms with Crippen LogP contribution in [0.4, 0.5) is 11.8 Å². The number of carbonyl (C=O) groups is 1. The fourth-order valence-electron chi connectivity index (χ4n) is 2.89. The molecule has 0 atom stereocenters. The zero-order valence-corrected chi connectivity index (χ0v) is 16.7. The Labute approximate surface area is 161 Å². The Bertz CT molecular complexity index is 759. The van der Waals surface area contributed by atoms with Gasteiger partial charge in [-0.25, -0.2) is 4.98 Å². The summed E-state index contributed by atoms with van der Waals surface area (Å²) in [6, 6.07) is 9.73. The number of piperazine rings is 1. The summed E-state index contributed by atoms with van der Waals surface area (Å²) in [6.07, 6.45) is 0. The molecular weight excluding hydrogens is 429 g/mol. The fraction of sp³-hybridized carbons (Fsp3) is 0.389. The number of aryl methyl sites for hydroxylation is 1. The van der Waals surface area contributed by atoms with Crippen molar-refractivity contribution >= 4 is 40.3 Å². The number of hydrogen-bond acceptors (Lipinski definition) is 5. The molecule has 0 aliphatic carbocycles. The Hall–Kier alpha value is -1.90. The number of halogens is 1. The first-order valence-corrected chi connectivity index (χ1v) is 9.54. The lowest BCUT2D eigenvalue weighted by molar-refractivity contribution is 0.0745. The number of aromatic nitrogens is 2. The van der Waals surface area contributed by atoms with Gasteiger partial charge in [-0.2, -0.15) is 4.98 Å². The van der Waals surface area contributed by atoms with Crippen molar-refractivity contribution in [2.75, 3.05) is 42.9 Å². The maximum Gasteiger partial charge on any atom is 0.255 e. The van der Waals surface area contributed by atoms with Crippen LogP contribution in [-0.2, 0) is 0 Å². The predicted molar refractivity (Wildman–Crippen MR) is 108 cm³/mol. The van der Waals surface area contributed by atoms with Gasteiger partial charge in [-0.1, -0.05) is 12.1 Å². The number of amides is 1. The lowest BCUT2D eigenvalue weighted by Gasteiger charge is -2.35. The van der Waals surface area contributed by atoms with Crippen LogP contribution in [0.5, 0.6) is 0 Å². The van der Waals surface area contributed by atoms with E-state index in [0.29, 0.717) is 19.0 Å². The van der Waals surface area contributed by atoms with Gasteiger partial charge in [0.25, 0.3) is 5.91 Å². The van der Waals surface area contributed by atoms with E-state index in [1.165, 1.54) is 0 Å². The molecule has 0 unspecified atom stereocenters. The number of anilines is 2. The molecule has 0 saturated carbocycles. The largest absolute Gasteiger partial charge is 0.354 e. The number of benzene rings is 1. The van der Waals surface area contributed by atoms with Gasteiger partial charge in [0, 0.05) is 48.1 Å². The van der Waals surface area contributed by atoms with Crippen molar-refractivity contribution in [2.24, 2.45) is 0 Å². The van der Waals surface area contributed by atoms with E-state index >= 15 is 0 Å². The molecule has 1 aromatic carbocycles. The van der Waals surface area contributed by atoms with E-state index < -0.39 is 0 Å². The van der Waals surface area contributed by atoms with Gasteiger partial charge in [-0.15, -0.1) is 0 Å². The third-order valence-corrected chi connectivity index (χ3v) is 5.11. The molecule has 1 fully saturated rings. The molecule has 1 aliphatic heterocycles. The summed E-state index contributed by atoms with van der Waals surface area (Å²) in [5.41, 5.74) is 1.72. The third kappa shape index (κ3) is 4.20. The number of rotatable bonds is 4. The molecule has 7 heteroatoms. The van der Waals surface area contributed by atoms with Gasteiger partial charge in [0.05, 0.1) is 5.56 Å². The minimum atomic E-state index is 0.108. The smallest absolute Gasteiger partial charge is 0.255 e. The molecule has 1 N–H and O–H groups in total. The highest BCUT2D eigenvalue weighted by molar-refractivity contribution is 14.1. The highest BCUT2D eigenvalue weighted by Gasteiger charge is 2.24. The van der Waals surface area contributed by atoms with Crippen molar-refractivity contribution in [1.82, 2.24) is 14.9 Å². The predicted octanol–water partition coefficient (Wildman–Crippen LogP) is 2.78.